The fraction of sp³-hybridized carbons (Fsp3) is 0.364. The van der Waals surface area contributed by atoms with E-state index in [9.17, 15) is 14.7 Å². The van der Waals surface area contributed by atoms with Gasteiger partial charge in [0.15, 0.2) is 0 Å². The van der Waals surface area contributed by atoms with Crippen molar-refractivity contribution in [1.82, 2.24) is 0 Å². The van der Waals surface area contributed by atoms with Gasteiger partial charge in [-0.05, 0) is 29.7 Å². The van der Waals surface area contributed by atoms with Crippen molar-refractivity contribution in [1.29, 1.82) is 0 Å². The first kappa shape index (κ1) is 17.7. The molecule has 0 aromatic heterocycles. The highest BCUT2D eigenvalue weighted by Crippen LogP contribution is 2.44. The SMILES string of the molecule is O=C1C[C@@H]2[C@@H](CCO)[C@H](OC(=O)c3ccc(-c4ccccc4)cc3)C[C@@H]2O1. The first-order valence-electron chi connectivity index (χ1n) is 9.32. The topological polar surface area (TPSA) is 72.8 Å². The lowest BCUT2D eigenvalue weighted by Gasteiger charge is -2.22. The second-order valence-electron chi connectivity index (χ2n) is 7.20. The number of hydrogen-bond acceptors (Lipinski definition) is 5. The van der Waals surface area contributed by atoms with Gasteiger partial charge in [-0.2, -0.15) is 0 Å². The molecule has 2 fully saturated rings. The van der Waals surface area contributed by atoms with E-state index in [1.54, 1.807) is 12.1 Å². The van der Waals surface area contributed by atoms with Crippen molar-refractivity contribution in [3.63, 3.8) is 0 Å². The maximum absolute atomic E-state index is 12.6. The number of hydrogen-bond donors (Lipinski definition) is 1. The van der Waals surface area contributed by atoms with Gasteiger partial charge in [-0.15, -0.1) is 0 Å². The predicted octanol–water partition coefficient (Wildman–Crippen LogP) is 3.21. The highest BCUT2D eigenvalue weighted by atomic mass is 16.6. The molecule has 27 heavy (non-hydrogen) atoms. The Labute approximate surface area is 157 Å². The first-order chi connectivity index (χ1) is 13.2. The summed E-state index contributed by atoms with van der Waals surface area (Å²) in [4.78, 5) is 24.1. The Morgan fingerprint density at radius 1 is 1.07 bits per heavy atom. The monoisotopic (exact) mass is 366 g/mol. The fourth-order valence-corrected chi connectivity index (χ4v) is 4.28. The minimum atomic E-state index is -0.381. The number of carbonyl (C=O) groups is 2. The van der Waals surface area contributed by atoms with Gasteiger partial charge < -0.3 is 14.6 Å². The number of rotatable bonds is 5. The highest BCUT2D eigenvalue weighted by molar-refractivity contribution is 5.90. The maximum Gasteiger partial charge on any atom is 0.338 e. The van der Waals surface area contributed by atoms with Crippen molar-refractivity contribution in [3.05, 3.63) is 60.2 Å². The van der Waals surface area contributed by atoms with E-state index in [-0.39, 0.29) is 42.6 Å². The Kier molecular flexibility index (Phi) is 4.94. The Morgan fingerprint density at radius 3 is 2.48 bits per heavy atom. The molecule has 2 aliphatic rings. The molecule has 0 spiro atoms. The van der Waals surface area contributed by atoms with Crippen molar-refractivity contribution >= 4 is 11.9 Å². The second kappa shape index (κ2) is 7.53. The molecule has 0 bridgehead atoms. The van der Waals surface area contributed by atoms with Crippen LogP contribution in [-0.4, -0.2) is 35.9 Å². The van der Waals surface area contributed by atoms with Crippen LogP contribution in [-0.2, 0) is 14.3 Å². The third-order valence-electron chi connectivity index (χ3n) is 5.60. The van der Waals surface area contributed by atoms with E-state index >= 15 is 0 Å². The summed E-state index contributed by atoms with van der Waals surface area (Å²) in [6.45, 7) is 0.00189. The molecule has 4 atom stereocenters. The third kappa shape index (κ3) is 3.60. The maximum atomic E-state index is 12.6. The van der Waals surface area contributed by atoms with Gasteiger partial charge in [0.05, 0.1) is 12.0 Å². The highest BCUT2D eigenvalue weighted by Gasteiger charge is 2.51. The molecule has 0 radical (unpaired) electrons. The lowest BCUT2D eigenvalue weighted by Crippen LogP contribution is -2.26. The Hall–Kier alpha value is -2.66. The zero-order valence-electron chi connectivity index (χ0n) is 14.9. The predicted molar refractivity (Wildman–Crippen MR) is 98.9 cm³/mol. The molecular formula is C22H22O5. The number of ether oxygens (including phenoxy) is 2. The summed E-state index contributed by atoms with van der Waals surface area (Å²) in [7, 11) is 0. The van der Waals surface area contributed by atoms with Gasteiger partial charge in [-0.25, -0.2) is 4.79 Å². The quantitative estimate of drug-likeness (QED) is 0.823. The van der Waals surface area contributed by atoms with E-state index in [0.717, 1.165) is 11.1 Å². The number of carbonyl (C=O) groups excluding carboxylic acids is 2. The van der Waals surface area contributed by atoms with Gasteiger partial charge in [0.25, 0.3) is 0 Å². The number of esters is 2. The van der Waals surface area contributed by atoms with Crippen LogP contribution in [0.25, 0.3) is 11.1 Å². The van der Waals surface area contributed by atoms with E-state index in [1.807, 2.05) is 42.5 Å². The molecule has 1 heterocycles. The zero-order chi connectivity index (χ0) is 18.8. The van der Waals surface area contributed by atoms with Crippen LogP contribution in [0.1, 0.15) is 29.6 Å². The van der Waals surface area contributed by atoms with Crippen molar-refractivity contribution in [2.45, 2.75) is 31.5 Å². The lowest BCUT2D eigenvalue weighted by atomic mass is 9.89. The van der Waals surface area contributed by atoms with E-state index in [1.165, 1.54) is 0 Å². The van der Waals surface area contributed by atoms with Gasteiger partial charge in [-0.1, -0.05) is 42.5 Å². The molecule has 1 saturated heterocycles. The number of fused-ring (bicyclic) bond motifs is 1. The minimum Gasteiger partial charge on any atom is -0.462 e. The van der Waals surface area contributed by atoms with Crippen LogP contribution in [0.4, 0.5) is 0 Å². The van der Waals surface area contributed by atoms with Gasteiger partial charge in [0.2, 0.25) is 0 Å². The van der Waals surface area contributed by atoms with E-state index < -0.39 is 0 Å². The molecule has 2 aromatic carbocycles. The van der Waals surface area contributed by atoms with E-state index in [4.69, 9.17) is 9.47 Å². The van der Waals surface area contributed by atoms with Crippen LogP contribution < -0.4 is 0 Å². The molecule has 2 aromatic rings. The average Bonchev–Trinajstić information content (AvgIpc) is 3.19. The van der Waals surface area contributed by atoms with Gasteiger partial charge in [0, 0.05) is 24.9 Å². The third-order valence-corrected chi connectivity index (χ3v) is 5.60. The summed E-state index contributed by atoms with van der Waals surface area (Å²) < 4.78 is 11.1. The molecule has 0 unspecified atom stereocenters. The van der Waals surface area contributed by atoms with Crippen LogP contribution in [0.15, 0.2) is 54.6 Å². The molecule has 1 saturated carbocycles. The summed E-state index contributed by atoms with van der Waals surface area (Å²) in [5.74, 6) is -0.593. The van der Waals surface area contributed by atoms with Gasteiger partial charge in [-0.3, -0.25) is 4.79 Å². The molecule has 1 aliphatic heterocycles. The van der Waals surface area contributed by atoms with Crippen LogP contribution in [0, 0.1) is 11.8 Å². The summed E-state index contributed by atoms with van der Waals surface area (Å²) in [6.07, 6.45) is 0.820. The normalized spacial score (nSPS) is 26.5. The summed E-state index contributed by atoms with van der Waals surface area (Å²) in [5, 5.41) is 9.35. The standard InChI is InChI=1S/C22H22O5/c23-11-10-17-18-12-21(24)26-20(18)13-19(17)27-22(25)16-8-6-15(7-9-16)14-4-2-1-3-5-14/h1-9,17-20,23H,10-13H2/t17-,18-,19-,20+/m1/s1. The van der Waals surface area contributed by atoms with Gasteiger partial charge in [0.1, 0.15) is 12.2 Å². The van der Waals surface area contributed by atoms with Gasteiger partial charge >= 0.3 is 11.9 Å². The van der Waals surface area contributed by atoms with Crippen LogP contribution >= 0.6 is 0 Å². The van der Waals surface area contributed by atoms with Crippen LogP contribution in [0.2, 0.25) is 0 Å². The Bertz CT molecular complexity index is 814. The molecule has 140 valence electrons. The molecule has 0 amide bonds. The van der Waals surface area contributed by atoms with Crippen LogP contribution in [0.3, 0.4) is 0 Å². The Morgan fingerprint density at radius 2 is 1.78 bits per heavy atom. The van der Waals surface area contributed by atoms with Crippen molar-refractivity contribution < 1.29 is 24.2 Å². The molecule has 1 N–H and O–H groups in total. The van der Waals surface area contributed by atoms with Crippen molar-refractivity contribution in [3.8, 4) is 11.1 Å². The average molecular weight is 366 g/mol. The number of aliphatic hydroxyl groups excluding tert-OH is 1. The van der Waals surface area contributed by atoms with Crippen molar-refractivity contribution in [2.75, 3.05) is 6.61 Å². The zero-order valence-corrected chi connectivity index (χ0v) is 14.9. The number of aliphatic hydroxyl groups is 1. The van der Waals surface area contributed by atoms with E-state index in [0.29, 0.717) is 24.8 Å². The second-order valence-corrected chi connectivity index (χ2v) is 7.20. The van der Waals surface area contributed by atoms with E-state index in [2.05, 4.69) is 0 Å². The molecule has 1 aliphatic carbocycles. The molecule has 5 nitrogen and oxygen atoms in total. The number of benzene rings is 2. The molecule has 4 rings (SSSR count). The molecule has 5 heteroatoms. The molecular weight excluding hydrogens is 344 g/mol. The summed E-state index contributed by atoms with van der Waals surface area (Å²) in [6, 6.07) is 17.3. The summed E-state index contributed by atoms with van der Waals surface area (Å²) in [5.41, 5.74) is 2.62. The first-order valence-corrected chi connectivity index (χ1v) is 9.32. The lowest BCUT2D eigenvalue weighted by molar-refractivity contribution is -0.141. The van der Waals surface area contributed by atoms with Crippen molar-refractivity contribution in [2.24, 2.45) is 11.8 Å². The fourth-order valence-electron chi connectivity index (χ4n) is 4.28. The van der Waals surface area contributed by atoms with Crippen LogP contribution in [0.5, 0.6) is 0 Å². The minimum absolute atomic E-state index is 0.00189. The largest absolute Gasteiger partial charge is 0.462 e. The smallest absolute Gasteiger partial charge is 0.338 e. The summed E-state index contributed by atoms with van der Waals surface area (Å²) >= 11 is 0. The Balaban J connectivity index is 1.45.